The van der Waals surface area contributed by atoms with E-state index in [2.05, 4.69) is 21.2 Å². The summed E-state index contributed by atoms with van der Waals surface area (Å²) in [7, 11) is -2.54. The number of rotatable bonds is 12. The number of carbonyl (C=O) groups is 2. The van der Waals surface area contributed by atoms with Crippen molar-refractivity contribution in [1.29, 1.82) is 0 Å². The minimum atomic E-state index is -4.10. The van der Waals surface area contributed by atoms with Crippen LogP contribution in [0.15, 0.2) is 82.2 Å². The number of halogens is 1. The van der Waals surface area contributed by atoms with Crippen molar-refractivity contribution in [3.8, 4) is 5.75 Å². The molecule has 1 N–H and O–H groups in total. The Morgan fingerprint density at radius 2 is 1.56 bits per heavy atom. The normalized spacial score (nSPS) is 11.9. The van der Waals surface area contributed by atoms with Crippen LogP contribution in [0.5, 0.6) is 5.75 Å². The quantitative estimate of drug-likeness (QED) is 0.312. The lowest BCUT2D eigenvalue weighted by Crippen LogP contribution is -2.52. The molecule has 39 heavy (non-hydrogen) atoms. The molecule has 0 radical (unpaired) electrons. The fourth-order valence-electron chi connectivity index (χ4n) is 4.11. The van der Waals surface area contributed by atoms with Crippen molar-refractivity contribution in [3.05, 3.63) is 88.4 Å². The van der Waals surface area contributed by atoms with Crippen molar-refractivity contribution in [2.45, 2.75) is 44.7 Å². The molecular formula is C29H34BrN3O5S. The summed E-state index contributed by atoms with van der Waals surface area (Å²) in [6, 6.07) is 19.6. The first-order valence-electron chi connectivity index (χ1n) is 12.7. The molecule has 0 unspecified atom stereocenters. The summed E-state index contributed by atoms with van der Waals surface area (Å²) in [5, 5.41) is 2.80. The second-order valence-corrected chi connectivity index (χ2v) is 11.8. The van der Waals surface area contributed by atoms with E-state index in [1.54, 1.807) is 55.6 Å². The van der Waals surface area contributed by atoms with E-state index < -0.39 is 28.5 Å². The highest BCUT2D eigenvalue weighted by Gasteiger charge is 2.33. The molecule has 0 saturated carbocycles. The van der Waals surface area contributed by atoms with Crippen LogP contribution in [0.4, 0.5) is 5.69 Å². The Bertz CT molecular complexity index is 1360. The molecule has 3 rings (SSSR count). The molecule has 0 saturated heterocycles. The number of benzene rings is 3. The standard InChI is InChI=1S/C29H34BrN3O5S/c1-5-27(29(35)31-6-2)32(19-22-9-15-25(38-4)16-10-22)28(34)20-33(24-13-11-23(30)12-14-24)39(36,37)26-17-7-21(3)8-18-26/h7-18,27H,5-6,19-20H2,1-4H3,(H,31,35)/t27-/m0/s1. The van der Waals surface area contributed by atoms with E-state index in [9.17, 15) is 18.0 Å². The molecule has 0 aliphatic carbocycles. The van der Waals surface area contributed by atoms with E-state index in [-0.39, 0.29) is 17.3 Å². The van der Waals surface area contributed by atoms with Gasteiger partial charge in [0.25, 0.3) is 10.0 Å². The van der Waals surface area contributed by atoms with Crippen molar-refractivity contribution >= 4 is 43.5 Å². The number of nitrogens with zero attached hydrogens (tertiary/aromatic N) is 2. The van der Waals surface area contributed by atoms with Gasteiger partial charge in [-0.2, -0.15) is 0 Å². The number of amides is 2. The Labute approximate surface area is 239 Å². The monoisotopic (exact) mass is 615 g/mol. The lowest BCUT2D eigenvalue weighted by Gasteiger charge is -2.33. The van der Waals surface area contributed by atoms with Crippen LogP contribution in [0.25, 0.3) is 0 Å². The molecule has 2 amide bonds. The number of hydrogen-bond acceptors (Lipinski definition) is 5. The summed E-state index contributed by atoms with van der Waals surface area (Å²) in [6.07, 6.45) is 0.358. The third-order valence-electron chi connectivity index (χ3n) is 6.25. The van der Waals surface area contributed by atoms with Crippen LogP contribution in [0, 0.1) is 6.92 Å². The highest BCUT2D eigenvalue weighted by molar-refractivity contribution is 9.10. The second kappa shape index (κ2) is 13.6. The molecule has 3 aromatic rings. The minimum Gasteiger partial charge on any atom is -0.497 e. The van der Waals surface area contributed by atoms with E-state index >= 15 is 0 Å². The minimum absolute atomic E-state index is 0.0706. The molecular weight excluding hydrogens is 582 g/mol. The highest BCUT2D eigenvalue weighted by atomic mass is 79.9. The molecule has 8 nitrogen and oxygen atoms in total. The molecule has 0 aliphatic heterocycles. The van der Waals surface area contributed by atoms with Crippen molar-refractivity contribution < 1.29 is 22.7 Å². The Morgan fingerprint density at radius 3 is 2.10 bits per heavy atom. The topological polar surface area (TPSA) is 96.0 Å². The number of nitrogens with one attached hydrogen (secondary N) is 1. The number of ether oxygens (including phenoxy) is 1. The largest absolute Gasteiger partial charge is 0.497 e. The Morgan fingerprint density at radius 1 is 0.949 bits per heavy atom. The maximum atomic E-state index is 14.0. The first kappa shape index (κ1) is 30.2. The molecule has 0 bridgehead atoms. The summed E-state index contributed by atoms with van der Waals surface area (Å²) in [6.45, 7) is 5.55. The van der Waals surface area contributed by atoms with Gasteiger partial charge in [-0.1, -0.05) is 52.7 Å². The Hall–Kier alpha value is -3.37. The number of sulfonamides is 1. The van der Waals surface area contributed by atoms with Crippen LogP contribution >= 0.6 is 15.9 Å². The highest BCUT2D eigenvalue weighted by Crippen LogP contribution is 2.26. The zero-order valence-corrected chi connectivity index (χ0v) is 25.0. The van der Waals surface area contributed by atoms with Crippen molar-refractivity contribution in [3.63, 3.8) is 0 Å². The van der Waals surface area contributed by atoms with Gasteiger partial charge in [-0.05, 0) is 74.4 Å². The van der Waals surface area contributed by atoms with Crippen LogP contribution < -0.4 is 14.4 Å². The zero-order chi connectivity index (χ0) is 28.6. The van der Waals surface area contributed by atoms with Gasteiger partial charge in [-0.25, -0.2) is 8.42 Å². The van der Waals surface area contributed by atoms with Gasteiger partial charge >= 0.3 is 0 Å². The predicted octanol–water partition coefficient (Wildman–Crippen LogP) is 4.90. The Balaban J connectivity index is 2.04. The molecule has 3 aromatic carbocycles. The van der Waals surface area contributed by atoms with E-state index in [1.807, 2.05) is 32.9 Å². The molecule has 0 spiro atoms. The zero-order valence-electron chi connectivity index (χ0n) is 22.6. The molecule has 0 aromatic heterocycles. The number of anilines is 1. The van der Waals surface area contributed by atoms with Crippen LogP contribution in [0.3, 0.4) is 0 Å². The maximum Gasteiger partial charge on any atom is 0.264 e. The van der Waals surface area contributed by atoms with Gasteiger partial charge in [-0.3, -0.25) is 13.9 Å². The number of likely N-dealkylation sites (N-methyl/N-ethyl adjacent to an activating group) is 1. The van der Waals surface area contributed by atoms with Gasteiger partial charge in [0.2, 0.25) is 11.8 Å². The molecule has 0 heterocycles. The maximum absolute atomic E-state index is 14.0. The van der Waals surface area contributed by atoms with E-state index in [1.165, 1.54) is 17.0 Å². The van der Waals surface area contributed by atoms with Gasteiger partial charge in [0.05, 0.1) is 17.7 Å². The number of aryl methyl sites for hydroxylation is 1. The van der Waals surface area contributed by atoms with E-state index in [0.29, 0.717) is 24.4 Å². The fraction of sp³-hybridized carbons (Fsp3) is 0.310. The predicted molar refractivity (Wildman–Crippen MR) is 156 cm³/mol. The number of carbonyl (C=O) groups excluding carboxylic acids is 2. The summed E-state index contributed by atoms with van der Waals surface area (Å²) >= 11 is 3.38. The average Bonchev–Trinajstić information content (AvgIpc) is 2.92. The Kier molecular flexibility index (Phi) is 10.5. The lowest BCUT2D eigenvalue weighted by atomic mass is 10.1. The van der Waals surface area contributed by atoms with Crippen molar-refractivity contribution in [2.75, 3.05) is 24.5 Å². The van der Waals surface area contributed by atoms with E-state index in [4.69, 9.17) is 4.74 Å². The van der Waals surface area contributed by atoms with Gasteiger partial charge < -0.3 is 15.0 Å². The van der Waals surface area contributed by atoms with Crippen LogP contribution in [0.1, 0.15) is 31.4 Å². The molecule has 10 heteroatoms. The van der Waals surface area contributed by atoms with Crippen LogP contribution in [-0.2, 0) is 26.2 Å². The fourth-order valence-corrected chi connectivity index (χ4v) is 5.79. The SMILES string of the molecule is CCNC(=O)[C@H](CC)N(Cc1ccc(OC)cc1)C(=O)CN(c1ccc(Br)cc1)S(=O)(=O)c1ccc(C)cc1. The van der Waals surface area contributed by atoms with Crippen LogP contribution in [-0.4, -0.2) is 51.4 Å². The first-order valence-corrected chi connectivity index (χ1v) is 14.9. The number of methoxy groups -OCH3 is 1. The lowest BCUT2D eigenvalue weighted by molar-refractivity contribution is -0.140. The average molecular weight is 617 g/mol. The molecule has 208 valence electrons. The van der Waals surface area contributed by atoms with Crippen molar-refractivity contribution in [1.82, 2.24) is 10.2 Å². The summed E-state index contributed by atoms with van der Waals surface area (Å²) in [5.41, 5.74) is 2.03. The molecule has 1 atom stereocenters. The first-order chi connectivity index (χ1) is 18.6. The number of hydrogen-bond donors (Lipinski definition) is 1. The smallest absolute Gasteiger partial charge is 0.264 e. The van der Waals surface area contributed by atoms with Gasteiger partial charge in [-0.15, -0.1) is 0 Å². The van der Waals surface area contributed by atoms with E-state index in [0.717, 1.165) is 19.9 Å². The third-order valence-corrected chi connectivity index (χ3v) is 8.57. The summed E-state index contributed by atoms with van der Waals surface area (Å²) < 4.78 is 34.8. The van der Waals surface area contributed by atoms with Crippen LogP contribution in [0.2, 0.25) is 0 Å². The summed E-state index contributed by atoms with van der Waals surface area (Å²) in [4.78, 5) is 28.5. The summed E-state index contributed by atoms with van der Waals surface area (Å²) in [5.74, 6) is -0.126. The van der Waals surface area contributed by atoms with Crippen molar-refractivity contribution in [2.24, 2.45) is 0 Å². The third kappa shape index (κ3) is 7.60. The van der Waals surface area contributed by atoms with Gasteiger partial charge in [0.1, 0.15) is 18.3 Å². The molecule has 0 aliphatic rings. The molecule has 0 fully saturated rings. The second-order valence-electron chi connectivity index (χ2n) is 8.99. The van der Waals surface area contributed by atoms with Gasteiger partial charge in [0, 0.05) is 17.6 Å². The van der Waals surface area contributed by atoms with Gasteiger partial charge in [0.15, 0.2) is 0 Å².